The molecule has 6 rings (SSSR count). The third-order valence-corrected chi connectivity index (χ3v) is 6.44. The van der Waals surface area contributed by atoms with E-state index in [0.29, 0.717) is 0 Å². The van der Waals surface area contributed by atoms with Crippen molar-refractivity contribution in [2.45, 2.75) is 0 Å². The molecule has 0 aliphatic heterocycles. The van der Waals surface area contributed by atoms with Crippen LogP contribution in [0, 0.1) is 0 Å². The van der Waals surface area contributed by atoms with E-state index in [-0.39, 0.29) is 0 Å². The van der Waals surface area contributed by atoms with Gasteiger partial charge in [0.25, 0.3) is 0 Å². The zero-order valence-corrected chi connectivity index (χ0v) is 19.8. The fraction of sp³-hybridized carbons (Fsp3) is 0. The molecule has 170 valence electrons. The lowest BCUT2D eigenvalue weighted by molar-refractivity contribution is 1.08. The predicted molar refractivity (Wildman–Crippen MR) is 150 cm³/mol. The molecular weight excluding hydrogens is 436 g/mol. The number of hydrogen-bond acceptors (Lipinski definition) is 2. The maximum absolute atomic E-state index is 4.30. The van der Waals surface area contributed by atoms with Crippen LogP contribution in [0.15, 0.2) is 140 Å². The maximum atomic E-state index is 4.30. The summed E-state index contributed by atoms with van der Waals surface area (Å²) in [5, 5.41) is 9.67. The van der Waals surface area contributed by atoms with E-state index in [9.17, 15) is 0 Å². The molecule has 5 aromatic carbocycles. The molecule has 0 radical (unpaired) electrons. The molecule has 0 saturated carbocycles. The number of nitrogens with zero attached hydrogens (tertiary/aromatic N) is 2. The Morgan fingerprint density at radius 3 is 2.06 bits per heavy atom. The average Bonchev–Trinajstić information content (AvgIpc) is 2.97. The van der Waals surface area contributed by atoms with Crippen molar-refractivity contribution in [1.29, 1.82) is 0 Å². The van der Waals surface area contributed by atoms with Gasteiger partial charge in [0, 0.05) is 10.9 Å². The van der Waals surface area contributed by atoms with Crippen LogP contribution in [-0.2, 0) is 0 Å². The average molecular weight is 461 g/mol. The van der Waals surface area contributed by atoms with Crippen molar-refractivity contribution in [1.82, 2.24) is 10.2 Å². The Morgan fingerprint density at radius 2 is 1.22 bits per heavy atom. The van der Waals surface area contributed by atoms with E-state index < -0.39 is 0 Å². The summed E-state index contributed by atoms with van der Waals surface area (Å²) >= 11 is 0. The molecule has 2 heteroatoms. The number of benzene rings is 5. The Balaban J connectivity index is 1.52. The highest BCUT2D eigenvalue weighted by atomic mass is 15.1. The van der Waals surface area contributed by atoms with E-state index in [4.69, 9.17) is 0 Å². The first-order valence-corrected chi connectivity index (χ1v) is 12.1. The largest absolute Gasteiger partial charge is 0.158 e. The highest BCUT2D eigenvalue weighted by Crippen LogP contribution is 2.36. The van der Waals surface area contributed by atoms with Gasteiger partial charge in [-0.05, 0) is 57.2 Å². The number of fused-ring (bicyclic) bond motifs is 1. The van der Waals surface area contributed by atoms with Crippen molar-refractivity contribution in [2.75, 3.05) is 0 Å². The lowest BCUT2D eigenvalue weighted by atomic mass is 9.88. The van der Waals surface area contributed by atoms with E-state index in [1.54, 1.807) is 0 Å². The van der Waals surface area contributed by atoms with Crippen LogP contribution in [0.2, 0.25) is 0 Å². The minimum absolute atomic E-state index is 0.901. The fourth-order valence-corrected chi connectivity index (χ4v) is 4.71. The summed E-state index contributed by atoms with van der Waals surface area (Å²) < 4.78 is 0. The van der Waals surface area contributed by atoms with E-state index in [2.05, 4.69) is 132 Å². The summed E-state index contributed by atoms with van der Waals surface area (Å²) in [4.78, 5) is 0. The van der Waals surface area contributed by atoms with Gasteiger partial charge in [-0.2, -0.15) is 10.2 Å². The Bertz CT molecular complexity index is 1660. The lowest BCUT2D eigenvalue weighted by Crippen LogP contribution is -1.93. The van der Waals surface area contributed by atoms with Gasteiger partial charge in [0.15, 0.2) is 0 Å². The lowest BCUT2D eigenvalue weighted by Gasteiger charge is -2.16. The molecule has 1 heterocycles. The first kappa shape index (κ1) is 21.7. The minimum Gasteiger partial charge on any atom is -0.158 e. The highest BCUT2D eigenvalue weighted by Gasteiger charge is 2.13. The normalized spacial score (nSPS) is 11.5. The van der Waals surface area contributed by atoms with E-state index in [0.717, 1.165) is 22.0 Å². The van der Waals surface area contributed by atoms with Crippen molar-refractivity contribution in [2.24, 2.45) is 0 Å². The van der Waals surface area contributed by atoms with Gasteiger partial charge in [0.2, 0.25) is 0 Å². The van der Waals surface area contributed by atoms with Crippen molar-refractivity contribution in [3.05, 3.63) is 156 Å². The molecule has 0 atom stereocenters. The van der Waals surface area contributed by atoms with Crippen LogP contribution in [0.3, 0.4) is 0 Å². The van der Waals surface area contributed by atoms with Crippen LogP contribution in [0.25, 0.3) is 44.8 Å². The Hall–Kier alpha value is -4.82. The summed E-state index contributed by atoms with van der Waals surface area (Å²) in [6.45, 7) is 0. The SMILES string of the molecule is C(=C(c1ccccc1)c1ccccc1-c1cccc(-c2cnnc3ccccc23)c1)c1ccccc1. The molecule has 0 aliphatic rings. The molecule has 0 unspecified atom stereocenters. The maximum Gasteiger partial charge on any atom is 0.0935 e. The second kappa shape index (κ2) is 9.81. The molecule has 0 fully saturated rings. The summed E-state index contributed by atoms with van der Waals surface area (Å²) in [6, 6.07) is 46.6. The van der Waals surface area contributed by atoms with Crippen LogP contribution in [0.4, 0.5) is 0 Å². The van der Waals surface area contributed by atoms with E-state index in [1.165, 1.54) is 33.4 Å². The highest BCUT2D eigenvalue weighted by molar-refractivity contribution is 5.98. The van der Waals surface area contributed by atoms with Gasteiger partial charge in [-0.25, -0.2) is 0 Å². The smallest absolute Gasteiger partial charge is 0.0935 e. The summed E-state index contributed by atoms with van der Waals surface area (Å²) in [5.74, 6) is 0. The Kier molecular flexibility index (Phi) is 5.91. The Labute approximate surface area is 211 Å². The topological polar surface area (TPSA) is 25.8 Å². The summed E-state index contributed by atoms with van der Waals surface area (Å²) in [7, 11) is 0. The van der Waals surface area contributed by atoms with Crippen molar-refractivity contribution in [3.8, 4) is 22.3 Å². The predicted octanol–water partition coefficient (Wildman–Crippen LogP) is 8.55. The van der Waals surface area contributed by atoms with Crippen LogP contribution < -0.4 is 0 Å². The second-order valence-corrected chi connectivity index (χ2v) is 8.74. The molecule has 1 aromatic heterocycles. The van der Waals surface area contributed by atoms with Gasteiger partial charge in [0.05, 0.1) is 11.7 Å². The molecule has 0 spiro atoms. The molecular formula is C34H24N2. The molecule has 0 saturated heterocycles. The van der Waals surface area contributed by atoms with Crippen LogP contribution in [0.5, 0.6) is 0 Å². The summed E-state index contributed by atoms with van der Waals surface area (Å²) in [6.07, 6.45) is 4.14. The third-order valence-electron chi connectivity index (χ3n) is 6.44. The number of aromatic nitrogens is 2. The van der Waals surface area contributed by atoms with Crippen LogP contribution in [0.1, 0.15) is 16.7 Å². The fourth-order valence-electron chi connectivity index (χ4n) is 4.71. The van der Waals surface area contributed by atoms with Gasteiger partial charge in [-0.1, -0.05) is 121 Å². The molecule has 6 aromatic rings. The van der Waals surface area contributed by atoms with Gasteiger partial charge in [-0.15, -0.1) is 0 Å². The zero-order valence-electron chi connectivity index (χ0n) is 19.8. The molecule has 0 amide bonds. The quantitative estimate of drug-likeness (QED) is 0.241. The number of hydrogen-bond donors (Lipinski definition) is 0. The van der Waals surface area contributed by atoms with Gasteiger partial charge in [0.1, 0.15) is 0 Å². The summed E-state index contributed by atoms with van der Waals surface area (Å²) in [5.41, 5.74) is 10.2. The first-order valence-electron chi connectivity index (χ1n) is 12.1. The van der Waals surface area contributed by atoms with E-state index >= 15 is 0 Å². The van der Waals surface area contributed by atoms with Gasteiger partial charge >= 0.3 is 0 Å². The second-order valence-electron chi connectivity index (χ2n) is 8.74. The first-order chi connectivity index (χ1) is 17.9. The standard InChI is InChI=1S/C34H24N2/c1-3-12-25(13-4-1)22-32(26-14-5-2-6-15-26)30-19-8-7-18-29(30)27-16-11-17-28(23-27)33-24-35-36-34-21-10-9-20-31(33)34/h1-24H. The number of rotatable bonds is 5. The van der Waals surface area contributed by atoms with Crippen molar-refractivity contribution < 1.29 is 0 Å². The Morgan fingerprint density at radius 1 is 0.556 bits per heavy atom. The van der Waals surface area contributed by atoms with Crippen LogP contribution >= 0.6 is 0 Å². The third kappa shape index (κ3) is 4.33. The van der Waals surface area contributed by atoms with Crippen molar-refractivity contribution in [3.63, 3.8) is 0 Å². The zero-order chi connectivity index (χ0) is 24.2. The van der Waals surface area contributed by atoms with Gasteiger partial charge < -0.3 is 0 Å². The molecule has 0 N–H and O–H groups in total. The molecule has 0 bridgehead atoms. The monoisotopic (exact) mass is 460 g/mol. The van der Waals surface area contributed by atoms with Crippen molar-refractivity contribution >= 4 is 22.6 Å². The minimum atomic E-state index is 0.901. The van der Waals surface area contributed by atoms with Crippen LogP contribution in [-0.4, -0.2) is 10.2 Å². The van der Waals surface area contributed by atoms with E-state index in [1.807, 2.05) is 24.4 Å². The molecule has 36 heavy (non-hydrogen) atoms. The molecule has 0 aliphatic carbocycles. The van der Waals surface area contributed by atoms with Gasteiger partial charge in [-0.3, -0.25) is 0 Å². The molecule has 2 nitrogen and oxygen atoms in total.